The molecule has 0 fully saturated rings. The highest BCUT2D eigenvalue weighted by Gasteiger charge is 2.18. The lowest BCUT2D eigenvalue weighted by Crippen LogP contribution is -2.28. The predicted octanol–water partition coefficient (Wildman–Crippen LogP) is 4.92. The van der Waals surface area contributed by atoms with Crippen molar-refractivity contribution in [1.82, 2.24) is 0 Å². The first-order valence-electron chi connectivity index (χ1n) is 9.42. The Morgan fingerprint density at radius 2 is 1.76 bits per heavy atom. The van der Waals surface area contributed by atoms with Crippen molar-refractivity contribution in [2.24, 2.45) is 0 Å². The van der Waals surface area contributed by atoms with E-state index in [0.717, 1.165) is 11.1 Å². The summed E-state index contributed by atoms with van der Waals surface area (Å²) in [5, 5.41) is 0.359. The van der Waals surface area contributed by atoms with Crippen LogP contribution in [0.15, 0.2) is 51.9 Å². The van der Waals surface area contributed by atoms with E-state index in [1.54, 1.807) is 39.0 Å². The zero-order valence-electron chi connectivity index (χ0n) is 17.1. The first kappa shape index (κ1) is 20.5. The Morgan fingerprint density at radius 3 is 2.48 bits per heavy atom. The monoisotopic (exact) mass is 396 g/mol. The molecule has 29 heavy (non-hydrogen) atoms. The molecule has 0 aliphatic heterocycles. The molecule has 0 saturated heterocycles. The standard InChI is InChI=1S/C23H24O6/c1-13(2)27-23(25)16(5)28-17-8-9-18-20(11-17)26-12-21(22(18)24)29-19-10-14(3)6-7-15(19)4/h6-13,16H,1-5H3. The maximum absolute atomic E-state index is 12.8. The van der Waals surface area contributed by atoms with E-state index in [4.69, 9.17) is 18.6 Å². The molecule has 1 aromatic heterocycles. The van der Waals surface area contributed by atoms with Gasteiger partial charge in [-0.3, -0.25) is 4.79 Å². The summed E-state index contributed by atoms with van der Waals surface area (Å²) in [6.45, 7) is 9.01. The Morgan fingerprint density at radius 1 is 1.00 bits per heavy atom. The van der Waals surface area contributed by atoms with Crippen LogP contribution in [0.5, 0.6) is 17.2 Å². The quantitative estimate of drug-likeness (QED) is 0.551. The fourth-order valence-electron chi connectivity index (χ4n) is 2.75. The molecule has 0 N–H and O–H groups in total. The number of benzene rings is 2. The van der Waals surface area contributed by atoms with E-state index in [-0.39, 0.29) is 17.3 Å². The number of carbonyl (C=O) groups excluding carboxylic acids is 1. The van der Waals surface area contributed by atoms with Crippen LogP contribution < -0.4 is 14.9 Å². The second-order valence-corrected chi connectivity index (χ2v) is 7.20. The maximum atomic E-state index is 12.8. The van der Waals surface area contributed by atoms with Crippen molar-refractivity contribution >= 4 is 16.9 Å². The lowest BCUT2D eigenvalue weighted by molar-refractivity contribution is -0.154. The van der Waals surface area contributed by atoms with E-state index in [1.807, 2.05) is 32.0 Å². The van der Waals surface area contributed by atoms with Crippen LogP contribution in [0.4, 0.5) is 0 Å². The fourth-order valence-corrected chi connectivity index (χ4v) is 2.75. The zero-order valence-corrected chi connectivity index (χ0v) is 17.1. The van der Waals surface area contributed by atoms with Gasteiger partial charge in [-0.25, -0.2) is 4.79 Å². The molecular weight excluding hydrogens is 372 g/mol. The molecule has 0 radical (unpaired) electrons. The third kappa shape index (κ3) is 4.77. The minimum absolute atomic E-state index is 0.105. The molecular formula is C23H24O6. The molecule has 0 saturated carbocycles. The number of rotatable bonds is 6. The minimum atomic E-state index is -0.784. The summed E-state index contributed by atoms with van der Waals surface area (Å²) in [5.74, 6) is 0.652. The van der Waals surface area contributed by atoms with Crippen molar-refractivity contribution in [2.75, 3.05) is 0 Å². The van der Waals surface area contributed by atoms with Crippen molar-refractivity contribution < 1.29 is 23.4 Å². The zero-order chi connectivity index (χ0) is 21.1. The molecule has 0 aliphatic rings. The molecule has 0 amide bonds. The van der Waals surface area contributed by atoms with Crippen molar-refractivity contribution in [2.45, 2.75) is 46.8 Å². The molecule has 0 aliphatic carbocycles. The van der Waals surface area contributed by atoms with E-state index >= 15 is 0 Å². The van der Waals surface area contributed by atoms with Gasteiger partial charge in [-0.15, -0.1) is 0 Å². The highest BCUT2D eigenvalue weighted by Crippen LogP contribution is 2.27. The molecule has 1 unspecified atom stereocenters. The van der Waals surface area contributed by atoms with Gasteiger partial charge in [0.1, 0.15) is 23.3 Å². The third-order valence-corrected chi connectivity index (χ3v) is 4.27. The van der Waals surface area contributed by atoms with Gasteiger partial charge >= 0.3 is 5.97 Å². The van der Waals surface area contributed by atoms with E-state index in [2.05, 4.69) is 0 Å². The molecule has 3 aromatic rings. The second kappa shape index (κ2) is 8.39. The fraction of sp³-hybridized carbons (Fsp3) is 0.304. The molecule has 0 bridgehead atoms. The third-order valence-electron chi connectivity index (χ3n) is 4.27. The minimum Gasteiger partial charge on any atom is -0.479 e. The smallest absolute Gasteiger partial charge is 0.347 e. The highest BCUT2D eigenvalue weighted by molar-refractivity contribution is 5.79. The molecule has 3 rings (SSSR count). The lowest BCUT2D eigenvalue weighted by atomic mass is 10.1. The molecule has 1 atom stereocenters. The van der Waals surface area contributed by atoms with E-state index in [9.17, 15) is 9.59 Å². The number of hydrogen-bond donors (Lipinski definition) is 0. The number of hydrogen-bond acceptors (Lipinski definition) is 6. The van der Waals surface area contributed by atoms with Crippen molar-refractivity contribution in [1.29, 1.82) is 0 Å². The van der Waals surface area contributed by atoms with E-state index < -0.39 is 12.1 Å². The molecule has 2 aromatic carbocycles. The molecule has 6 heteroatoms. The average molecular weight is 396 g/mol. The van der Waals surface area contributed by atoms with Gasteiger partial charge in [-0.2, -0.15) is 0 Å². The maximum Gasteiger partial charge on any atom is 0.347 e. The highest BCUT2D eigenvalue weighted by atomic mass is 16.6. The Kier molecular flexibility index (Phi) is 5.92. The van der Waals surface area contributed by atoms with Crippen LogP contribution in [-0.4, -0.2) is 18.2 Å². The number of carbonyl (C=O) groups is 1. The molecule has 1 heterocycles. The largest absolute Gasteiger partial charge is 0.479 e. The normalized spacial score (nSPS) is 12.1. The van der Waals surface area contributed by atoms with Crippen molar-refractivity contribution in [3.63, 3.8) is 0 Å². The Bertz CT molecular complexity index is 1100. The summed E-state index contributed by atoms with van der Waals surface area (Å²) in [5.41, 5.74) is 2.00. The number of ether oxygens (including phenoxy) is 3. The summed E-state index contributed by atoms with van der Waals surface area (Å²) in [4.78, 5) is 24.7. The predicted molar refractivity (Wildman–Crippen MR) is 110 cm³/mol. The van der Waals surface area contributed by atoms with Crippen LogP contribution in [0.3, 0.4) is 0 Å². The summed E-state index contributed by atoms with van der Waals surface area (Å²) < 4.78 is 22.1. The molecule has 0 spiro atoms. The van der Waals surface area contributed by atoms with Crippen LogP contribution in [0.1, 0.15) is 31.9 Å². The topological polar surface area (TPSA) is 75.0 Å². The Hall–Kier alpha value is -3.28. The van der Waals surface area contributed by atoms with E-state index in [1.165, 1.54) is 6.26 Å². The first-order valence-corrected chi connectivity index (χ1v) is 9.42. The van der Waals surface area contributed by atoms with E-state index in [0.29, 0.717) is 22.5 Å². The number of aryl methyl sites for hydroxylation is 2. The van der Waals surface area contributed by atoms with Crippen LogP contribution in [0, 0.1) is 13.8 Å². The summed E-state index contributed by atoms with van der Waals surface area (Å²) in [7, 11) is 0. The lowest BCUT2D eigenvalue weighted by Gasteiger charge is -2.16. The first-order chi connectivity index (χ1) is 13.7. The summed E-state index contributed by atoms with van der Waals surface area (Å²) >= 11 is 0. The van der Waals surface area contributed by atoms with Gasteiger partial charge in [0.05, 0.1) is 11.5 Å². The van der Waals surface area contributed by atoms with Gasteiger partial charge in [0.25, 0.3) is 0 Å². The average Bonchev–Trinajstić information content (AvgIpc) is 2.66. The van der Waals surface area contributed by atoms with Crippen LogP contribution in [0.25, 0.3) is 11.0 Å². The van der Waals surface area contributed by atoms with Crippen molar-refractivity contribution in [3.8, 4) is 17.2 Å². The Labute approximate surface area is 169 Å². The molecule has 152 valence electrons. The van der Waals surface area contributed by atoms with Crippen LogP contribution in [-0.2, 0) is 9.53 Å². The number of fused-ring (bicyclic) bond motifs is 1. The van der Waals surface area contributed by atoms with Gasteiger partial charge in [0.2, 0.25) is 11.2 Å². The van der Waals surface area contributed by atoms with Crippen LogP contribution >= 0.6 is 0 Å². The van der Waals surface area contributed by atoms with Gasteiger partial charge in [0.15, 0.2) is 6.10 Å². The van der Waals surface area contributed by atoms with Gasteiger partial charge in [-0.05, 0) is 63.9 Å². The van der Waals surface area contributed by atoms with Crippen LogP contribution in [0.2, 0.25) is 0 Å². The summed E-state index contributed by atoms with van der Waals surface area (Å²) in [6.07, 6.45) is 0.277. The SMILES string of the molecule is Cc1ccc(C)c(Oc2coc3cc(OC(C)C(=O)OC(C)C)ccc3c2=O)c1. The number of esters is 1. The summed E-state index contributed by atoms with van der Waals surface area (Å²) in [6, 6.07) is 10.5. The molecule has 6 nitrogen and oxygen atoms in total. The van der Waals surface area contributed by atoms with Gasteiger partial charge in [0, 0.05) is 6.07 Å². The second-order valence-electron chi connectivity index (χ2n) is 7.20. The Balaban J connectivity index is 1.85. The van der Waals surface area contributed by atoms with Crippen molar-refractivity contribution in [3.05, 3.63) is 64.0 Å². The van der Waals surface area contributed by atoms with Gasteiger partial charge in [-0.1, -0.05) is 12.1 Å². The van der Waals surface area contributed by atoms with Gasteiger partial charge < -0.3 is 18.6 Å².